The third-order valence-electron chi connectivity index (χ3n) is 2.58. The van der Waals surface area contributed by atoms with E-state index in [1.807, 2.05) is 25.4 Å². The topological polar surface area (TPSA) is 34.1 Å². The molecule has 1 aromatic heterocycles. The van der Waals surface area contributed by atoms with E-state index in [2.05, 4.69) is 17.2 Å². The van der Waals surface area contributed by atoms with E-state index in [1.54, 1.807) is 0 Å². The van der Waals surface area contributed by atoms with Gasteiger partial charge in [-0.2, -0.15) is 0 Å². The maximum absolute atomic E-state index is 5.72. The average molecular weight is 265 g/mol. The molecule has 0 radical (unpaired) electrons. The van der Waals surface area contributed by atoms with Gasteiger partial charge in [0.1, 0.15) is 5.75 Å². The van der Waals surface area contributed by atoms with Crippen LogP contribution in [-0.4, -0.2) is 24.7 Å². The van der Waals surface area contributed by atoms with Crippen LogP contribution in [0.3, 0.4) is 0 Å². The van der Waals surface area contributed by atoms with Crippen LogP contribution in [-0.2, 0) is 0 Å². The molecule has 0 unspecified atom stereocenters. The van der Waals surface area contributed by atoms with E-state index in [1.165, 1.54) is 0 Å². The zero-order valence-corrected chi connectivity index (χ0v) is 11.1. The van der Waals surface area contributed by atoms with E-state index in [0.717, 1.165) is 24.4 Å². The first-order valence-electron chi connectivity index (χ1n) is 5.07. The highest BCUT2D eigenvalue weighted by molar-refractivity contribution is 5.85. The van der Waals surface area contributed by atoms with Gasteiger partial charge in [-0.05, 0) is 32.5 Å². The van der Waals surface area contributed by atoms with Crippen molar-refractivity contribution in [2.45, 2.75) is 25.4 Å². The molecule has 5 heteroatoms. The molecule has 1 aliphatic heterocycles. The molecule has 0 saturated heterocycles. The number of ether oxygens (including phenoxy) is 1. The molecule has 1 N–H and O–H groups in total. The number of hydrogen-bond acceptors (Lipinski definition) is 3. The monoisotopic (exact) mass is 264 g/mol. The van der Waals surface area contributed by atoms with Crippen molar-refractivity contribution in [1.29, 1.82) is 0 Å². The summed E-state index contributed by atoms with van der Waals surface area (Å²) in [6.07, 6.45) is 3.18. The highest BCUT2D eigenvalue weighted by Crippen LogP contribution is 2.33. The predicted octanol–water partition coefficient (Wildman–Crippen LogP) is 2.40. The lowest BCUT2D eigenvalue weighted by molar-refractivity contribution is 0.172. The van der Waals surface area contributed by atoms with Crippen molar-refractivity contribution in [3.05, 3.63) is 24.0 Å². The van der Waals surface area contributed by atoms with Gasteiger partial charge in [0.15, 0.2) is 0 Å². The predicted molar refractivity (Wildman–Crippen MR) is 70.1 cm³/mol. The number of nitrogens with one attached hydrogen (secondary N) is 1. The van der Waals surface area contributed by atoms with E-state index in [0.29, 0.717) is 12.0 Å². The van der Waals surface area contributed by atoms with Crippen molar-refractivity contribution < 1.29 is 4.74 Å². The van der Waals surface area contributed by atoms with Crippen LogP contribution in [0.2, 0.25) is 0 Å². The highest BCUT2D eigenvalue weighted by atomic mass is 35.5. The van der Waals surface area contributed by atoms with Crippen LogP contribution in [0.4, 0.5) is 0 Å². The minimum atomic E-state index is 0. The Morgan fingerprint density at radius 2 is 2.25 bits per heavy atom. The average Bonchev–Trinajstić information content (AvgIpc) is 2.18. The van der Waals surface area contributed by atoms with Crippen molar-refractivity contribution in [2.24, 2.45) is 0 Å². The summed E-state index contributed by atoms with van der Waals surface area (Å²) in [6.45, 7) is 3.08. The Labute approximate surface area is 109 Å². The van der Waals surface area contributed by atoms with Gasteiger partial charge < -0.3 is 10.1 Å². The third kappa shape index (κ3) is 3.24. The van der Waals surface area contributed by atoms with E-state index < -0.39 is 0 Å². The quantitative estimate of drug-likeness (QED) is 0.891. The van der Waals surface area contributed by atoms with Crippen LogP contribution >= 0.6 is 24.8 Å². The first kappa shape index (κ1) is 15.5. The van der Waals surface area contributed by atoms with Crippen molar-refractivity contribution >= 4 is 24.8 Å². The Bertz CT molecular complexity index is 323. The van der Waals surface area contributed by atoms with Crippen LogP contribution in [0.5, 0.6) is 5.75 Å². The number of aromatic nitrogens is 1. The lowest BCUT2D eigenvalue weighted by Crippen LogP contribution is -2.29. The summed E-state index contributed by atoms with van der Waals surface area (Å²) >= 11 is 0. The van der Waals surface area contributed by atoms with Crippen LogP contribution in [0.15, 0.2) is 18.3 Å². The summed E-state index contributed by atoms with van der Waals surface area (Å²) in [5.41, 5.74) is 1.10. The molecule has 2 atom stereocenters. The lowest BCUT2D eigenvalue weighted by atomic mass is 9.94. The molecule has 2 heterocycles. The summed E-state index contributed by atoms with van der Waals surface area (Å²) in [5.74, 6) is 1.44. The zero-order valence-electron chi connectivity index (χ0n) is 9.47. The summed E-state index contributed by atoms with van der Waals surface area (Å²) in [7, 11) is 1.97. The second kappa shape index (κ2) is 6.94. The molecular formula is C11H18Cl2N2O. The molecule has 0 aromatic carbocycles. The standard InChI is InChI=1S/C11H16N2O.2ClH/c1-8-6-9(7-12-2)11-10(14-8)4-3-5-13-11;;/h3-5,8-9,12H,6-7H2,1-2H3;2*1H/t8-,9+;;/m1../s1. The largest absolute Gasteiger partial charge is 0.489 e. The molecule has 2 rings (SSSR count). The number of rotatable bonds is 2. The van der Waals surface area contributed by atoms with Crippen molar-refractivity contribution in [2.75, 3.05) is 13.6 Å². The van der Waals surface area contributed by atoms with Gasteiger partial charge >= 0.3 is 0 Å². The van der Waals surface area contributed by atoms with E-state index in [9.17, 15) is 0 Å². The maximum atomic E-state index is 5.72. The summed E-state index contributed by atoms with van der Waals surface area (Å²) in [4.78, 5) is 4.39. The summed E-state index contributed by atoms with van der Waals surface area (Å²) in [6, 6.07) is 3.92. The van der Waals surface area contributed by atoms with Gasteiger partial charge in [0, 0.05) is 18.7 Å². The minimum absolute atomic E-state index is 0. The molecule has 0 aliphatic carbocycles. The lowest BCUT2D eigenvalue weighted by Gasteiger charge is -2.29. The Morgan fingerprint density at radius 3 is 2.94 bits per heavy atom. The first-order valence-corrected chi connectivity index (χ1v) is 5.07. The Balaban J connectivity index is 0.00000112. The van der Waals surface area contributed by atoms with Gasteiger partial charge in [-0.25, -0.2) is 0 Å². The fourth-order valence-electron chi connectivity index (χ4n) is 2.01. The number of likely N-dealkylation sites (N-methyl/N-ethyl adjacent to an activating group) is 1. The van der Waals surface area contributed by atoms with Crippen molar-refractivity contribution in [3.8, 4) is 5.75 Å². The Morgan fingerprint density at radius 1 is 1.50 bits per heavy atom. The number of halogens is 2. The van der Waals surface area contributed by atoms with Crippen molar-refractivity contribution in [1.82, 2.24) is 10.3 Å². The fraction of sp³-hybridized carbons (Fsp3) is 0.545. The SMILES string of the molecule is CNC[C@@H]1C[C@@H](C)Oc2cccnc21.Cl.Cl. The molecular weight excluding hydrogens is 247 g/mol. The molecule has 1 aliphatic rings. The van der Waals surface area contributed by atoms with E-state index in [4.69, 9.17) is 4.74 Å². The van der Waals surface area contributed by atoms with Crippen LogP contribution in [0.25, 0.3) is 0 Å². The second-order valence-electron chi connectivity index (χ2n) is 3.81. The number of hydrogen-bond donors (Lipinski definition) is 1. The van der Waals surface area contributed by atoms with Gasteiger partial charge in [-0.3, -0.25) is 4.98 Å². The Kier molecular flexibility index (Phi) is 6.72. The normalized spacial score (nSPS) is 22.1. The number of pyridine rings is 1. The molecule has 3 nitrogen and oxygen atoms in total. The van der Waals surface area contributed by atoms with Crippen LogP contribution < -0.4 is 10.1 Å². The van der Waals surface area contributed by atoms with Gasteiger partial charge in [0.2, 0.25) is 0 Å². The molecule has 0 fully saturated rings. The van der Waals surface area contributed by atoms with Gasteiger partial charge in [-0.1, -0.05) is 0 Å². The van der Waals surface area contributed by atoms with Gasteiger partial charge in [0.25, 0.3) is 0 Å². The van der Waals surface area contributed by atoms with Crippen LogP contribution in [0, 0.1) is 0 Å². The van der Waals surface area contributed by atoms with Gasteiger partial charge in [-0.15, -0.1) is 24.8 Å². The molecule has 0 saturated carbocycles. The highest BCUT2D eigenvalue weighted by Gasteiger charge is 2.25. The van der Waals surface area contributed by atoms with E-state index >= 15 is 0 Å². The molecule has 0 spiro atoms. The fourth-order valence-corrected chi connectivity index (χ4v) is 2.01. The minimum Gasteiger partial charge on any atom is -0.489 e. The smallest absolute Gasteiger partial charge is 0.141 e. The summed E-state index contributed by atoms with van der Waals surface area (Å²) in [5, 5.41) is 3.20. The second-order valence-corrected chi connectivity index (χ2v) is 3.81. The Hall–Kier alpha value is -0.510. The van der Waals surface area contributed by atoms with Crippen LogP contribution in [0.1, 0.15) is 25.0 Å². The summed E-state index contributed by atoms with van der Waals surface area (Å²) < 4.78 is 5.72. The molecule has 16 heavy (non-hydrogen) atoms. The zero-order chi connectivity index (χ0) is 9.97. The first-order chi connectivity index (χ1) is 6.81. The number of nitrogens with zero attached hydrogens (tertiary/aromatic N) is 1. The maximum Gasteiger partial charge on any atom is 0.141 e. The van der Waals surface area contributed by atoms with E-state index in [-0.39, 0.29) is 24.8 Å². The molecule has 0 amide bonds. The van der Waals surface area contributed by atoms with Gasteiger partial charge in [0.05, 0.1) is 11.8 Å². The third-order valence-corrected chi connectivity index (χ3v) is 2.58. The van der Waals surface area contributed by atoms with Crippen molar-refractivity contribution in [3.63, 3.8) is 0 Å². The number of fused-ring (bicyclic) bond motifs is 1. The molecule has 1 aromatic rings. The molecule has 92 valence electrons. The molecule has 0 bridgehead atoms.